The topological polar surface area (TPSA) is 22.2 Å². The van der Waals surface area contributed by atoms with Crippen LogP contribution in [0.4, 0.5) is 0 Å². The molecule has 1 aromatic carbocycles. The summed E-state index contributed by atoms with van der Waals surface area (Å²) in [6, 6.07) is 7.90. The van der Waals surface area contributed by atoms with Crippen LogP contribution >= 0.6 is 0 Å². The minimum absolute atomic E-state index is 0.352. The predicted molar refractivity (Wildman–Crippen MR) is 51.0 cm³/mol. The Morgan fingerprint density at radius 1 is 1.46 bits per heavy atom. The molecule has 3 heteroatoms. The second-order valence-electron chi connectivity index (χ2n) is 2.89. The van der Waals surface area contributed by atoms with Crippen molar-refractivity contribution < 1.29 is 0 Å². The van der Waals surface area contributed by atoms with Gasteiger partial charge in [0.05, 0.1) is 11.0 Å². The van der Waals surface area contributed by atoms with Crippen LogP contribution in [0.1, 0.15) is 5.82 Å². The van der Waals surface area contributed by atoms with E-state index in [-0.39, 0.29) is 0 Å². The van der Waals surface area contributed by atoms with Crippen molar-refractivity contribution in [3.63, 3.8) is 0 Å². The van der Waals surface area contributed by atoms with Crippen molar-refractivity contribution in [1.82, 2.24) is 9.55 Å². The van der Waals surface area contributed by atoms with Crippen molar-refractivity contribution in [2.75, 3.05) is 0 Å². The Morgan fingerprint density at radius 3 is 2.92 bits per heavy atom. The lowest BCUT2D eigenvalue weighted by molar-refractivity contribution is 0.852. The van der Waals surface area contributed by atoms with Gasteiger partial charge in [-0.3, -0.25) is 0 Å². The molecule has 2 rings (SSSR count). The number of nitrogens with zero attached hydrogens (tertiary/aromatic N) is 3. The highest BCUT2D eigenvalue weighted by Gasteiger charge is 2.07. The summed E-state index contributed by atoms with van der Waals surface area (Å²) in [6.45, 7) is 7.13. The molecule has 0 fully saturated rings. The van der Waals surface area contributed by atoms with Crippen LogP contribution in [-0.4, -0.2) is 9.55 Å². The maximum atomic E-state index is 6.78. The molecule has 0 unspecified atom stereocenters. The predicted octanol–water partition coefficient (Wildman–Crippen LogP) is 1.99. The first kappa shape index (κ1) is 7.81. The number of imidazole rings is 1. The third kappa shape index (κ3) is 1.17. The van der Waals surface area contributed by atoms with Gasteiger partial charge in [-0.2, -0.15) is 0 Å². The molecule has 64 valence electrons. The van der Waals surface area contributed by atoms with Crippen LogP contribution in [0.25, 0.3) is 15.9 Å². The monoisotopic (exact) mass is 171 g/mol. The van der Waals surface area contributed by atoms with Gasteiger partial charge in [0.25, 0.3) is 6.54 Å². The minimum atomic E-state index is 0.352. The van der Waals surface area contributed by atoms with E-state index in [1.54, 1.807) is 0 Å². The molecule has 0 amide bonds. The van der Waals surface area contributed by atoms with Crippen LogP contribution in [0, 0.1) is 6.57 Å². The van der Waals surface area contributed by atoms with Gasteiger partial charge in [0.15, 0.2) is 5.82 Å². The van der Waals surface area contributed by atoms with Crippen LogP contribution in [0.2, 0.25) is 0 Å². The van der Waals surface area contributed by atoms with Gasteiger partial charge >= 0.3 is 0 Å². The van der Waals surface area contributed by atoms with E-state index in [0.29, 0.717) is 6.54 Å². The summed E-state index contributed by atoms with van der Waals surface area (Å²) in [4.78, 5) is 7.68. The molecule has 0 N–H and O–H groups in total. The third-order valence-corrected chi connectivity index (χ3v) is 2.10. The zero-order chi connectivity index (χ0) is 9.26. The number of benzene rings is 1. The fourth-order valence-corrected chi connectivity index (χ4v) is 1.41. The number of para-hydroxylation sites is 2. The summed E-state index contributed by atoms with van der Waals surface area (Å²) >= 11 is 0. The van der Waals surface area contributed by atoms with Crippen LogP contribution in [-0.2, 0) is 13.6 Å². The Kier molecular flexibility index (Phi) is 1.75. The number of aromatic nitrogens is 2. The average molecular weight is 171 g/mol. The lowest BCUT2D eigenvalue weighted by Crippen LogP contribution is -1.94. The number of hydrogen-bond acceptors (Lipinski definition) is 1. The molecule has 2 aromatic rings. The van der Waals surface area contributed by atoms with Gasteiger partial charge < -0.3 is 9.41 Å². The highest BCUT2D eigenvalue weighted by Crippen LogP contribution is 2.14. The lowest BCUT2D eigenvalue weighted by Gasteiger charge is -1.94. The smallest absolute Gasteiger partial charge is 0.271 e. The number of hydrogen-bond donors (Lipinski definition) is 0. The average Bonchev–Trinajstić information content (AvgIpc) is 2.46. The number of rotatable bonds is 1. The molecule has 0 radical (unpaired) electrons. The fraction of sp³-hybridized carbons (Fsp3) is 0.200. The molecule has 1 aromatic heterocycles. The maximum absolute atomic E-state index is 6.78. The SMILES string of the molecule is [C-]#[N+]Cc1nc2ccccc2n1C. The van der Waals surface area contributed by atoms with E-state index in [1.165, 1.54) is 0 Å². The van der Waals surface area contributed by atoms with E-state index in [9.17, 15) is 0 Å². The summed E-state index contributed by atoms with van der Waals surface area (Å²) < 4.78 is 1.97. The molecule has 0 aliphatic heterocycles. The molecule has 0 saturated carbocycles. The number of aryl methyl sites for hydroxylation is 1. The normalized spacial score (nSPS) is 10.2. The molecule has 0 aliphatic rings. The molecule has 3 nitrogen and oxygen atoms in total. The van der Waals surface area contributed by atoms with Crippen LogP contribution in [0.3, 0.4) is 0 Å². The highest BCUT2D eigenvalue weighted by atomic mass is 15.1. The number of fused-ring (bicyclic) bond motifs is 1. The van der Waals surface area contributed by atoms with Crippen molar-refractivity contribution >= 4 is 11.0 Å². The Balaban J connectivity index is 2.68. The van der Waals surface area contributed by atoms with Gasteiger partial charge in [-0.25, -0.2) is 11.6 Å². The molecule has 0 spiro atoms. The summed E-state index contributed by atoms with van der Waals surface area (Å²) in [5, 5.41) is 0. The fourth-order valence-electron chi connectivity index (χ4n) is 1.41. The van der Waals surface area contributed by atoms with Gasteiger partial charge in [-0.1, -0.05) is 12.1 Å². The minimum Gasteiger partial charge on any atom is -0.325 e. The van der Waals surface area contributed by atoms with Crippen molar-refractivity contribution in [2.24, 2.45) is 7.05 Å². The molecule has 0 saturated heterocycles. The van der Waals surface area contributed by atoms with E-state index in [0.717, 1.165) is 16.9 Å². The van der Waals surface area contributed by atoms with Gasteiger partial charge in [-0.15, -0.1) is 0 Å². The summed E-state index contributed by atoms with van der Waals surface area (Å²) in [6.07, 6.45) is 0. The molecular weight excluding hydrogens is 162 g/mol. The third-order valence-electron chi connectivity index (χ3n) is 2.10. The van der Waals surface area contributed by atoms with E-state index in [4.69, 9.17) is 6.57 Å². The quantitative estimate of drug-likeness (QED) is 0.601. The molecule has 0 bridgehead atoms. The molecule has 0 aliphatic carbocycles. The molecular formula is C10H9N3. The Bertz CT molecular complexity index is 476. The van der Waals surface area contributed by atoms with Gasteiger partial charge in [0, 0.05) is 7.05 Å². The standard InChI is InChI=1S/C10H9N3/c1-11-7-10-12-8-5-3-4-6-9(8)13(10)2/h3-6H,7H2,2H3. The van der Waals surface area contributed by atoms with E-state index < -0.39 is 0 Å². The Morgan fingerprint density at radius 2 is 2.23 bits per heavy atom. The van der Waals surface area contributed by atoms with Crippen LogP contribution < -0.4 is 0 Å². The second-order valence-corrected chi connectivity index (χ2v) is 2.89. The van der Waals surface area contributed by atoms with E-state index >= 15 is 0 Å². The van der Waals surface area contributed by atoms with Crippen molar-refractivity contribution in [2.45, 2.75) is 6.54 Å². The first-order valence-corrected chi connectivity index (χ1v) is 4.06. The molecule has 0 atom stereocenters. The highest BCUT2D eigenvalue weighted by molar-refractivity contribution is 5.75. The van der Waals surface area contributed by atoms with E-state index in [1.807, 2.05) is 35.9 Å². The second kappa shape index (κ2) is 2.91. The first-order valence-electron chi connectivity index (χ1n) is 4.06. The zero-order valence-electron chi connectivity index (χ0n) is 7.36. The summed E-state index contributed by atoms with van der Waals surface area (Å²) in [7, 11) is 1.94. The van der Waals surface area contributed by atoms with Crippen LogP contribution in [0.5, 0.6) is 0 Å². The Hall–Kier alpha value is -1.82. The molecule has 13 heavy (non-hydrogen) atoms. The molecule has 1 heterocycles. The van der Waals surface area contributed by atoms with Gasteiger partial charge in [0.1, 0.15) is 0 Å². The summed E-state index contributed by atoms with van der Waals surface area (Å²) in [5.74, 6) is 0.830. The van der Waals surface area contributed by atoms with Crippen molar-refractivity contribution in [3.05, 3.63) is 41.5 Å². The van der Waals surface area contributed by atoms with Crippen molar-refractivity contribution in [3.8, 4) is 0 Å². The zero-order valence-corrected chi connectivity index (χ0v) is 7.36. The lowest BCUT2D eigenvalue weighted by atomic mass is 10.3. The van der Waals surface area contributed by atoms with Crippen molar-refractivity contribution in [1.29, 1.82) is 0 Å². The first-order chi connectivity index (χ1) is 6.33. The Labute approximate surface area is 76.4 Å². The van der Waals surface area contributed by atoms with Crippen LogP contribution in [0.15, 0.2) is 24.3 Å². The summed E-state index contributed by atoms with van der Waals surface area (Å²) in [5.41, 5.74) is 2.05. The van der Waals surface area contributed by atoms with E-state index in [2.05, 4.69) is 9.83 Å². The van der Waals surface area contributed by atoms with Gasteiger partial charge in [-0.05, 0) is 12.1 Å². The largest absolute Gasteiger partial charge is 0.325 e. The maximum Gasteiger partial charge on any atom is 0.271 e. The van der Waals surface area contributed by atoms with Gasteiger partial charge in [0.2, 0.25) is 0 Å².